The Hall–Kier alpha value is -2.55. The molecule has 0 saturated heterocycles. The third-order valence-corrected chi connectivity index (χ3v) is 3.92. The highest BCUT2D eigenvalue weighted by molar-refractivity contribution is 5.80. The first-order chi connectivity index (χ1) is 10.5. The zero-order chi connectivity index (χ0) is 15.7. The van der Waals surface area contributed by atoms with Gasteiger partial charge in [-0.3, -0.25) is 0 Å². The highest BCUT2D eigenvalue weighted by Crippen LogP contribution is 2.15. The van der Waals surface area contributed by atoms with Crippen molar-refractivity contribution in [1.29, 1.82) is 0 Å². The molecule has 0 bridgehead atoms. The first-order valence-electron chi connectivity index (χ1n) is 7.44. The molecule has 4 rings (SSSR count). The number of aryl methyl sites for hydroxylation is 4. The van der Waals surface area contributed by atoms with Crippen molar-refractivity contribution >= 4 is 21.9 Å². The molecule has 0 unspecified atom stereocenters. The summed E-state index contributed by atoms with van der Waals surface area (Å²) in [5.41, 5.74) is 6.15. The van der Waals surface area contributed by atoms with E-state index in [1.54, 1.807) is 0 Å². The van der Waals surface area contributed by atoms with Crippen molar-refractivity contribution in [1.82, 2.24) is 14.1 Å². The van der Waals surface area contributed by atoms with Crippen molar-refractivity contribution in [2.24, 2.45) is 14.1 Å². The van der Waals surface area contributed by atoms with Gasteiger partial charge in [-0.15, -0.1) is 0 Å². The van der Waals surface area contributed by atoms with E-state index in [9.17, 15) is 0 Å². The number of hydrogen-bond donors (Lipinski definition) is 0. The van der Waals surface area contributed by atoms with Crippen LogP contribution in [0.5, 0.6) is 0 Å². The van der Waals surface area contributed by atoms with E-state index in [-0.39, 0.29) is 0 Å². The maximum atomic E-state index is 4.24. The number of fused-ring (bicyclic) bond motifs is 2. The number of nitrogens with zero attached hydrogens (tertiary/aromatic N) is 3. The van der Waals surface area contributed by atoms with Crippen LogP contribution in [0.3, 0.4) is 0 Å². The molecule has 0 amide bonds. The number of rotatable bonds is 0. The summed E-state index contributed by atoms with van der Waals surface area (Å²) in [4.78, 5) is 4.24. The molecule has 2 aromatic carbocycles. The van der Waals surface area contributed by atoms with Crippen LogP contribution in [-0.4, -0.2) is 14.1 Å². The Morgan fingerprint density at radius 1 is 0.773 bits per heavy atom. The summed E-state index contributed by atoms with van der Waals surface area (Å²) in [7, 11) is 4.07. The second kappa shape index (κ2) is 5.68. The molecule has 0 atom stereocenters. The van der Waals surface area contributed by atoms with Crippen LogP contribution in [0.1, 0.15) is 11.1 Å². The van der Waals surface area contributed by atoms with Gasteiger partial charge < -0.3 is 9.13 Å². The lowest BCUT2D eigenvalue weighted by Crippen LogP contribution is -1.82. The largest absolute Gasteiger partial charge is 0.351 e. The van der Waals surface area contributed by atoms with Gasteiger partial charge in [0.25, 0.3) is 0 Å². The van der Waals surface area contributed by atoms with Crippen LogP contribution in [0.2, 0.25) is 0 Å². The van der Waals surface area contributed by atoms with Crippen molar-refractivity contribution in [3.05, 3.63) is 66.1 Å². The van der Waals surface area contributed by atoms with Crippen LogP contribution in [0.25, 0.3) is 21.9 Å². The smallest absolute Gasteiger partial charge is 0.0955 e. The van der Waals surface area contributed by atoms with Crippen molar-refractivity contribution in [3.8, 4) is 0 Å². The monoisotopic (exact) mass is 291 g/mol. The van der Waals surface area contributed by atoms with E-state index in [0.717, 1.165) is 5.52 Å². The molecule has 2 heterocycles. The molecular weight excluding hydrogens is 270 g/mol. The van der Waals surface area contributed by atoms with Gasteiger partial charge in [-0.1, -0.05) is 17.7 Å². The molecule has 0 spiro atoms. The number of benzene rings is 2. The summed E-state index contributed by atoms with van der Waals surface area (Å²) in [5.74, 6) is 0. The molecule has 0 saturated carbocycles. The molecular formula is C19H21N3. The third kappa shape index (κ3) is 2.75. The van der Waals surface area contributed by atoms with Crippen LogP contribution in [0.15, 0.2) is 55.0 Å². The Morgan fingerprint density at radius 2 is 1.45 bits per heavy atom. The van der Waals surface area contributed by atoms with Gasteiger partial charge in [0, 0.05) is 25.8 Å². The summed E-state index contributed by atoms with van der Waals surface area (Å²) < 4.78 is 4.16. The topological polar surface area (TPSA) is 22.8 Å². The Balaban J connectivity index is 0.000000131. The maximum absolute atomic E-state index is 4.24. The summed E-state index contributed by atoms with van der Waals surface area (Å²) >= 11 is 0. The summed E-state index contributed by atoms with van der Waals surface area (Å²) in [6, 6.07) is 14.9. The molecule has 22 heavy (non-hydrogen) atoms. The molecule has 0 fully saturated rings. The van der Waals surface area contributed by atoms with E-state index < -0.39 is 0 Å². The minimum absolute atomic E-state index is 1.08. The Labute approximate surface area is 130 Å². The zero-order valence-electron chi connectivity index (χ0n) is 13.5. The molecule has 0 N–H and O–H groups in total. The van der Waals surface area contributed by atoms with Crippen molar-refractivity contribution in [3.63, 3.8) is 0 Å². The van der Waals surface area contributed by atoms with E-state index in [1.165, 1.54) is 27.5 Å². The molecule has 112 valence electrons. The van der Waals surface area contributed by atoms with Gasteiger partial charge in [0.05, 0.1) is 17.4 Å². The van der Waals surface area contributed by atoms with Crippen LogP contribution >= 0.6 is 0 Å². The molecule has 0 radical (unpaired) electrons. The Bertz CT molecular complexity index is 850. The Kier molecular flexibility index (Phi) is 3.72. The van der Waals surface area contributed by atoms with Gasteiger partial charge in [0.2, 0.25) is 0 Å². The second-order valence-corrected chi connectivity index (χ2v) is 5.84. The highest BCUT2D eigenvalue weighted by atomic mass is 15.0. The van der Waals surface area contributed by atoms with Crippen LogP contribution in [-0.2, 0) is 14.1 Å². The van der Waals surface area contributed by atoms with Gasteiger partial charge in [-0.05, 0) is 55.1 Å². The SMILES string of the molecule is Cc1ccc2c(c1)ncn2C.Cc1ccc2c(ccn2C)c1. The fourth-order valence-electron chi connectivity index (χ4n) is 2.65. The normalized spacial score (nSPS) is 10.7. The van der Waals surface area contributed by atoms with Crippen LogP contribution < -0.4 is 0 Å². The average molecular weight is 291 g/mol. The standard InChI is InChI=1S/C10H11N.C9H10N2/c1-8-3-4-10-9(7-8)5-6-11(10)2;1-7-3-4-9-8(5-7)10-6-11(9)2/h3-7H,1-2H3;3-6H,1-2H3. The molecule has 3 heteroatoms. The van der Waals surface area contributed by atoms with Gasteiger partial charge in [0.1, 0.15) is 0 Å². The van der Waals surface area contributed by atoms with E-state index in [0.29, 0.717) is 0 Å². The fourth-order valence-corrected chi connectivity index (χ4v) is 2.65. The van der Waals surface area contributed by atoms with Crippen molar-refractivity contribution in [2.45, 2.75) is 13.8 Å². The van der Waals surface area contributed by atoms with Crippen LogP contribution in [0, 0.1) is 13.8 Å². The van der Waals surface area contributed by atoms with Crippen molar-refractivity contribution < 1.29 is 0 Å². The molecule has 4 aromatic rings. The van der Waals surface area contributed by atoms with E-state index in [2.05, 4.69) is 79.1 Å². The molecule has 0 aliphatic rings. The lowest BCUT2D eigenvalue weighted by molar-refractivity contribution is 0.947. The number of imidazole rings is 1. The van der Waals surface area contributed by atoms with Crippen molar-refractivity contribution in [2.75, 3.05) is 0 Å². The first kappa shape index (κ1) is 14.4. The second-order valence-electron chi connectivity index (χ2n) is 5.84. The van der Waals surface area contributed by atoms with Crippen LogP contribution in [0.4, 0.5) is 0 Å². The summed E-state index contributed by atoms with van der Waals surface area (Å²) in [6.07, 6.45) is 3.92. The molecule has 2 aromatic heterocycles. The molecule has 3 nitrogen and oxygen atoms in total. The number of hydrogen-bond acceptors (Lipinski definition) is 1. The number of aromatic nitrogens is 3. The third-order valence-electron chi connectivity index (χ3n) is 3.92. The molecule has 0 aliphatic carbocycles. The van der Waals surface area contributed by atoms with Gasteiger partial charge in [0.15, 0.2) is 0 Å². The van der Waals surface area contributed by atoms with E-state index >= 15 is 0 Å². The minimum atomic E-state index is 1.08. The van der Waals surface area contributed by atoms with E-state index in [4.69, 9.17) is 0 Å². The predicted octanol–water partition coefficient (Wildman–Crippen LogP) is 4.37. The van der Waals surface area contributed by atoms with E-state index in [1.807, 2.05) is 17.9 Å². The minimum Gasteiger partial charge on any atom is -0.351 e. The predicted molar refractivity (Wildman–Crippen MR) is 93.1 cm³/mol. The maximum Gasteiger partial charge on any atom is 0.0955 e. The summed E-state index contributed by atoms with van der Waals surface area (Å²) in [5, 5.41) is 1.33. The fraction of sp³-hybridized carbons (Fsp3) is 0.211. The zero-order valence-corrected chi connectivity index (χ0v) is 13.5. The van der Waals surface area contributed by atoms with Gasteiger partial charge in [-0.2, -0.15) is 0 Å². The highest BCUT2D eigenvalue weighted by Gasteiger charge is 1.97. The quantitative estimate of drug-likeness (QED) is 0.472. The average Bonchev–Trinajstić information content (AvgIpc) is 3.03. The first-order valence-corrected chi connectivity index (χ1v) is 7.44. The lowest BCUT2D eigenvalue weighted by Gasteiger charge is -1.95. The van der Waals surface area contributed by atoms with Gasteiger partial charge >= 0.3 is 0 Å². The summed E-state index contributed by atoms with van der Waals surface area (Å²) in [6.45, 7) is 4.20. The Morgan fingerprint density at radius 3 is 2.23 bits per heavy atom. The van der Waals surface area contributed by atoms with Gasteiger partial charge in [-0.25, -0.2) is 4.98 Å². The lowest BCUT2D eigenvalue weighted by atomic mass is 10.2. The molecule has 0 aliphatic heterocycles.